The molecule has 0 aliphatic rings. The minimum Gasteiger partial charge on any atom is -0.370 e. The molecule has 0 aromatic carbocycles. The van der Waals surface area contributed by atoms with Gasteiger partial charge in [-0.2, -0.15) is 0 Å². The normalized spacial score (nSPS) is 12.4. The minimum atomic E-state index is 0.639. The first kappa shape index (κ1) is 14.9. The molecule has 1 rings (SSSR count). The zero-order chi connectivity index (χ0) is 13.4. The van der Waals surface area contributed by atoms with Crippen molar-refractivity contribution >= 4 is 5.82 Å². The third-order valence-electron chi connectivity index (χ3n) is 3.10. The smallest absolute Gasteiger partial charge is 0.129 e. The molecule has 0 aliphatic carbocycles. The maximum absolute atomic E-state index is 5.65. The van der Waals surface area contributed by atoms with Gasteiger partial charge in [-0.1, -0.05) is 20.3 Å². The lowest BCUT2D eigenvalue weighted by atomic mass is 10.00. The Hall–Kier alpha value is -1.16. The number of nitrogens with two attached hydrogens (primary N) is 1. The van der Waals surface area contributed by atoms with E-state index < -0.39 is 0 Å². The summed E-state index contributed by atoms with van der Waals surface area (Å²) in [6, 6.07) is 2.04. The second-order valence-corrected chi connectivity index (χ2v) is 4.76. The molecule has 0 saturated carbocycles. The van der Waals surface area contributed by atoms with Crippen LogP contribution in [0.15, 0.2) is 6.07 Å². The van der Waals surface area contributed by atoms with Gasteiger partial charge in [0.25, 0.3) is 0 Å². The number of hydrogen-bond donors (Lipinski definition) is 2. The Labute approximate surface area is 110 Å². The Bertz CT molecular complexity index is 346. The molecule has 1 aromatic heterocycles. The van der Waals surface area contributed by atoms with E-state index in [1.165, 1.54) is 12.8 Å². The predicted octanol–water partition coefficient (Wildman–Crippen LogP) is 2.52. The van der Waals surface area contributed by atoms with E-state index in [9.17, 15) is 0 Å². The van der Waals surface area contributed by atoms with Crippen molar-refractivity contribution in [2.24, 2.45) is 11.7 Å². The highest BCUT2D eigenvalue weighted by molar-refractivity contribution is 5.36. The molecule has 1 unspecified atom stereocenters. The van der Waals surface area contributed by atoms with E-state index >= 15 is 0 Å². The fourth-order valence-electron chi connectivity index (χ4n) is 2.14. The van der Waals surface area contributed by atoms with Crippen molar-refractivity contribution in [3.63, 3.8) is 0 Å². The van der Waals surface area contributed by atoms with Crippen molar-refractivity contribution < 1.29 is 0 Å². The Morgan fingerprint density at radius 3 is 2.67 bits per heavy atom. The van der Waals surface area contributed by atoms with Gasteiger partial charge in [0.05, 0.1) is 0 Å². The van der Waals surface area contributed by atoms with E-state index in [0.717, 1.165) is 43.3 Å². The lowest BCUT2D eigenvalue weighted by Gasteiger charge is -2.16. The van der Waals surface area contributed by atoms with Crippen molar-refractivity contribution in [3.05, 3.63) is 17.6 Å². The molecule has 102 valence electrons. The third kappa shape index (κ3) is 5.00. The zero-order valence-electron chi connectivity index (χ0n) is 11.9. The Morgan fingerprint density at radius 1 is 1.28 bits per heavy atom. The summed E-state index contributed by atoms with van der Waals surface area (Å²) in [7, 11) is 0. The average molecular weight is 250 g/mol. The predicted molar refractivity (Wildman–Crippen MR) is 76.7 cm³/mol. The van der Waals surface area contributed by atoms with Gasteiger partial charge in [-0.3, -0.25) is 0 Å². The Morgan fingerprint density at radius 2 is 2.06 bits per heavy atom. The highest BCUT2D eigenvalue weighted by Gasteiger charge is 2.07. The Kier molecular flexibility index (Phi) is 6.65. The van der Waals surface area contributed by atoms with Crippen LogP contribution in [-0.2, 0) is 6.42 Å². The fraction of sp³-hybridized carbons (Fsp3) is 0.714. The molecular weight excluding hydrogens is 224 g/mol. The van der Waals surface area contributed by atoms with Gasteiger partial charge in [0, 0.05) is 18.3 Å². The first-order valence-corrected chi connectivity index (χ1v) is 6.98. The van der Waals surface area contributed by atoms with Crippen LogP contribution in [0.5, 0.6) is 0 Å². The summed E-state index contributed by atoms with van der Waals surface area (Å²) in [5.74, 6) is 2.42. The molecule has 4 nitrogen and oxygen atoms in total. The number of nitrogens with one attached hydrogen (secondary N) is 1. The van der Waals surface area contributed by atoms with Crippen LogP contribution in [0.25, 0.3) is 0 Å². The average Bonchev–Trinajstić information content (AvgIpc) is 2.36. The number of anilines is 1. The molecule has 0 spiro atoms. The maximum Gasteiger partial charge on any atom is 0.129 e. The molecule has 4 heteroatoms. The number of nitrogens with zero attached hydrogens (tertiary/aromatic N) is 2. The van der Waals surface area contributed by atoms with Gasteiger partial charge >= 0.3 is 0 Å². The molecule has 18 heavy (non-hydrogen) atoms. The first-order chi connectivity index (χ1) is 8.69. The summed E-state index contributed by atoms with van der Waals surface area (Å²) >= 11 is 0. The summed E-state index contributed by atoms with van der Waals surface area (Å²) in [4.78, 5) is 8.80. The van der Waals surface area contributed by atoms with E-state index in [2.05, 4.69) is 29.1 Å². The van der Waals surface area contributed by atoms with Gasteiger partial charge in [-0.15, -0.1) is 0 Å². The Balaban J connectivity index is 2.57. The summed E-state index contributed by atoms with van der Waals surface area (Å²) < 4.78 is 0. The van der Waals surface area contributed by atoms with Crippen molar-refractivity contribution in [2.45, 2.75) is 46.5 Å². The van der Waals surface area contributed by atoms with Gasteiger partial charge in [0.15, 0.2) is 0 Å². The van der Waals surface area contributed by atoms with Crippen LogP contribution in [0.2, 0.25) is 0 Å². The van der Waals surface area contributed by atoms with Gasteiger partial charge < -0.3 is 11.1 Å². The largest absolute Gasteiger partial charge is 0.370 e. The minimum absolute atomic E-state index is 0.639. The molecule has 0 fully saturated rings. The van der Waals surface area contributed by atoms with Gasteiger partial charge in [-0.05, 0) is 38.6 Å². The van der Waals surface area contributed by atoms with Gasteiger partial charge in [-0.25, -0.2) is 9.97 Å². The van der Waals surface area contributed by atoms with E-state index in [0.29, 0.717) is 5.92 Å². The molecule has 0 radical (unpaired) electrons. The second kappa shape index (κ2) is 8.03. The molecule has 0 amide bonds. The molecular formula is C14H26N4. The van der Waals surface area contributed by atoms with Crippen molar-refractivity contribution in [1.29, 1.82) is 0 Å². The van der Waals surface area contributed by atoms with Crippen molar-refractivity contribution in [2.75, 3.05) is 18.4 Å². The second-order valence-electron chi connectivity index (χ2n) is 4.76. The molecule has 1 atom stereocenters. The number of hydrogen-bond acceptors (Lipinski definition) is 4. The highest BCUT2D eigenvalue weighted by atomic mass is 15.0. The van der Waals surface area contributed by atoms with E-state index in [-0.39, 0.29) is 0 Å². The number of rotatable bonds is 8. The quantitative estimate of drug-likeness (QED) is 0.744. The summed E-state index contributed by atoms with van der Waals surface area (Å²) in [6.07, 6.45) is 4.44. The SMILES string of the molecule is CCCC(CCN)CNc1cc(CC)nc(C)n1. The van der Waals surface area contributed by atoms with Crippen molar-refractivity contribution in [1.82, 2.24) is 9.97 Å². The monoisotopic (exact) mass is 250 g/mol. The van der Waals surface area contributed by atoms with Crippen LogP contribution in [-0.4, -0.2) is 23.1 Å². The summed E-state index contributed by atoms with van der Waals surface area (Å²) in [6.45, 7) is 7.97. The van der Waals surface area contributed by atoms with E-state index in [1.54, 1.807) is 0 Å². The topological polar surface area (TPSA) is 63.8 Å². The van der Waals surface area contributed by atoms with Crippen LogP contribution in [0.1, 0.15) is 44.6 Å². The third-order valence-corrected chi connectivity index (χ3v) is 3.10. The standard InChI is InChI=1S/C14H26N4/c1-4-6-12(7-8-15)10-16-14-9-13(5-2)17-11(3)18-14/h9,12H,4-8,10,15H2,1-3H3,(H,16,17,18). The molecule has 0 bridgehead atoms. The zero-order valence-corrected chi connectivity index (χ0v) is 11.9. The highest BCUT2D eigenvalue weighted by Crippen LogP contribution is 2.13. The van der Waals surface area contributed by atoms with Crippen LogP contribution in [0, 0.1) is 12.8 Å². The number of aryl methyl sites for hydroxylation is 2. The van der Waals surface area contributed by atoms with Crippen LogP contribution >= 0.6 is 0 Å². The van der Waals surface area contributed by atoms with Crippen LogP contribution < -0.4 is 11.1 Å². The molecule has 1 aromatic rings. The summed E-state index contributed by atoms with van der Waals surface area (Å²) in [5, 5.41) is 3.42. The summed E-state index contributed by atoms with van der Waals surface area (Å²) in [5.41, 5.74) is 6.74. The fourth-order valence-corrected chi connectivity index (χ4v) is 2.14. The molecule has 0 saturated heterocycles. The molecule has 0 aliphatic heterocycles. The van der Waals surface area contributed by atoms with Crippen molar-refractivity contribution in [3.8, 4) is 0 Å². The lowest BCUT2D eigenvalue weighted by Crippen LogP contribution is -2.18. The first-order valence-electron chi connectivity index (χ1n) is 6.98. The van der Waals surface area contributed by atoms with E-state index in [4.69, 9.17) is 5.73 Å². The lowest BCUT2D eigenvalue weighted by molar-refractivity contribution is 0.473. The van der Waals surface area contributed by atoms with Crippen LogP contribution in [0.3, 0.4) is 0 Å². The van der Waals surface area contributed by atoms with Gasteiger partial charge in [0.2, 0.25) is 0 Å². The van der Waals surface area contributed by atoms with Crippen LogP contribution in [0.4, 0.5) is 5.82 Å². The van der Waals surface area contributed by atoms with Gasteiger partial charge in [0.1, 0.15) is 11.6 Å². The van der Waals surface area contributed by atoms with E-state index in [1.807, 2.05) is 13.0 Å². The maximum atomic E-state index is 5.65. The molecule has 3 N–H and O–H groups in total. The number of aromatic nitrogens is 2. The molecule has 1 heterocycles.